The van der Waals surface area contributed by atoms with E-state index in [0.29, 0.717) is 5.92 Å². The average molecular weight is 134 g/mol. The largest absolute Gasteiger partial charge is 0.381 e. The third kappa shape index (κ3) is 4.47. The van der Waals surface area contributed by atoms with Gasteiger partial charge in [0.15, 0.2) is 0 Å². The van der Waals surface area contributed by atoms with Crippen molar-refractivity contribution in [3.63, 3.8) is 0 Å². The van der Waals surface area contributed by atoms with Crippen molar-refractivity contribution in [2.45, 2.75) is 13.8 Å². The monoisotopic (exact) mass is 134 g/mol. The fourth-order valence-corrected chi connectivity index (χ4v) is 0.477. The first-order valence-corrected chi connectivity index (χ1v) is 3.63. The van der Waals surface area contributed by atoms with Gasteiger partial charge in [0.05, 0.1) is 0 Å². The predicted molar refractivity (Wildman–Crippen MR) is 39.5 cm³/mol. The number of hydrogen-bond donors (Lipinski definition) is 1. The van der Waals surface area contributed by atoms with Crippen LogP contribution in [0.5, 0.6) is 0 Å². The van der Waals surface area contributed by atoms with Crippen LogP contribution < -0.4 is 0 Å². The van der Waals surface area contributed by atoms with E-state index in [1.807, 2.05) is 6.92 Å². The van der Waals surface area contributed by atoms with E-state index >= 15 is 0 Å². The molecule has 0 heterocycles. The van der Waals surface area contributed by atoms with E-state index < -0.39 is 0 Å². The maximum absolute atomic E-state index is 5.14. The van der Waals surface area contributed by atoms with Crippen LogP contribution in [-0.2, 0) is 4.74 Å². The molecule has 0 aliphatic heterocycles. The average Bonchev–Trinajstić information content (AvgIpc) is 1.83. The van der Waals surface area contributed by atoms with E-state index in [2.05, 4.69) is 19.6 Å². The van der Waals surface area contributed by atoms with Gasteiger partial charge >= 0.3 is 0 Å². The van der Waals surface area contributed by atoms with Gasteiger partial charge in [-0.05, 0) is 18.6 Å². The highest BCUT2D eigenvalue weighted by atomic mass is 32.1. The van der Waals surface area contributed by atoms with Crippen LogP contribution in [-0.4, -0.2) is 19.0 Å². The van der Waals surface area contributed by atoms with Gasteiger partial charge in [-0.2, -0.15) is 12.6 Å². The van der Waals surface area contributed by atoms with Crippen LogP contribution in [0.15, 0.2) is 0 Å². The lowest BCUT2D eigenvalue weighted by Gasteiger charge is -2.05. The van der Waals surface area contributed by atoms with Gasteiger partial charge in [-0.25, -0.2) is 0 Å². The highest BCUT2D eigenvalue weighted by Gasteiger charge is 1.95. The molecule has 2 heteroatoms. The Labute approximate surface area is 56.8 Å². The lowest BCUT2D eigenvalue weighted by Crippen LogP contribution is -2.06. The second-order valence-corrected chi connectivity index (χ2v) is 2.31. The summed E-state index contributed by atoms with van der Waals surface area (Å²) in [6.07, 6.45) is 0. The Morgan fingerprint density at radius 2 is 2.25 bits per heavy atom. The molecule has 0 aliphatic carbocycles. The minimum Gasteiger partial charge on any atom is -0.381 e. The smallest absolute Gasteiger partial charge is 0.0499 e. The van der Waals surface area contributed by atoms with E-state index in [-0.39, 0.29) is 0 Å². The highest BCUT2D eigenvalue weighted by molar-refractivity contribution is 7.80. The molecule has 0 rings (SSSR count). The topological polar surface area (TPSA) is 9.23 Å². The molecule has 0 aliphatic rings. The van der Waals surface area contributed by atoms with E-state index in [1.165, 1.54) is 0 Å². The molecule has 0 amide bonds. The Morgan fingerprint density at radius 3 is 2.62 bits per heavy atom. The fraction of sp³-hybridized carbons (Fsp3) is 1.00. The Kier molecular flexibility index (Phi) is 5.66. The highest BCUT2D eigenvalue weighted by Crippen LogP contribution is 1.96. The summed E-state index contributed by atoms with van der Waals surface area (Å²) in [5.41, 5.74) is 0. The minimum absolute atomic E-state index is 0.596. The van der Waals surface area contributed by atoms with E-state index in [0.717, 1.165) is 19.0 Å². The van der Waals surface area contributed by atoms with Gasteiger partial charge in [0.1, 0.15) is 0 Å². The molecule has 50 valence electrons. The quantitative estimate of drug-likeness (QED) is 0.574. The second kappa shape index (κ2) is 5.45. The standard InChI is InChI=1S/C6H14OS/c1-3-7-4-6(2)5-8/h6,8H,3-5H2,1-2H3. The summed E-state index contributed by atoms with van der Waals surface area (Å²) in [5, 5.41) is 0. The molecular formula is C6H14OS. The predicted octanol–water partition coefficient (Wildman–Crippen LogP) is 1.59. The van der Waals surface area contributed by atoms with Crippen LogP contribution in [0.3, 0.4) is 0 Å². The molecule has 1 atom stereocenters. The van der Waals surface area contributed by atoms with E-state index in [4.69, 9.17) is 4.74 Å². The minimum atomic E-state index is 0.596. The zero-order chi connectivity index (χ0) is 6.41. The molecule has 0 saturated heterocycles. The van der Waals surface area contributed by atoms with Crippen molar-refractivity contribution >= 4 is 12.6 Å². The third-order valence-corrected chi connectivity index (χ3v) is 1.54. The Morgan fingerprint density at radius 1 is 1.62 bits per heavy atom. The summed E-state index contributed by atoms with van der Waals surface area (Å²) in [6.45, 7) is 5.80. The van der Waals surface area contributed by atoms with E-state index in [9.17, 15) is 0 Å². The van der Waals surface area contributed by atoms with Crippen LogP contribution in [0.4, 0.5) is 0 Å². The molecule has 0 aromatic heterocycles. The third-order valence-electron chi connectivity index (χ3n) is 0.918. The second-order valence-electron chi connectivity index (χ2n) is 1.95. The van der Waals surface area contributed by atoms with Crippen molar-refractivity contribution in [2.75, 3.05) is 19.0 Å². The van der Waals surface area contributed by atoms with Gasteiger partial charge in [0.2, 0.25) is 0 Å². The molecule has 0 bridgehead atoms. The molecule has 0 saturated carbocycles. The van der Waals surface area contributed by atoms with Crippen LogP contribution in [0, 0.1) is 5.92 Å². The zero-order valence-electron chi connectivity index (χ0n) is 5.55. The van der Waals surface area contributed by atoms with Gasteiger partial charge in [-0.15, -0.1) is 0 Å². The molecule has 0 fully saturated rings. The summed E-state index contributed by atoms with van der Waals surface area (Å²) >= 11 is 4.11. The lowest BCUT2D eigenvalue weighted by atomic mass is 10.2. The summed E-state index contributed by atoms with van der Waals surface area (Å²) < 4.78 is 5.14. The van der Waals surface area contributed by atoms with Gasteiger partial charge in [0, 0.05) is 13.2 Å². The summed E-state index contributed by atoms with van der Waals surface area (Å²) in [5.74, 6) is 1.51. The Balaban J connectivity index is 2.86. The number of thiol groups is 1. The molecule has 1 unspecified atom stereocenters. The van der Waals surface area contributed by atoms with Crippen LogP contribution >= 0.6 is 12.6 Å². The van der Waals surface area contributed by atoms with Gasteiger partial charge in [-0.1, -0.05) is 6.92 Å². The molecule has 0 spiro atoms. The summed E-state index contributed by atoms with van der Waals surface area (Å²) in [6, 6.07) is 0. The van der Waals surface area contributed by atoms with Crippen LogP contribution in [0.25, 0.3) is 0 Å². The molecule has 1 nitrogen and oxygen atoms in total. The molecule has 0 aromatic carbocycles. The van der Waals surface area contributed by atoms with Crippen molar-refractivity contribution in [1.29, 1.82) is 0 Å². The van der Waals surface area contributed by atoms with Crippen molar-refractivity contribution < 1.29 is 4.74 Å². The lowest BCUT2D eigenvalue weighted by molar-refractivity contribution is 0.123. The molecule has 0 radical (unpaired) electrons. The Bertz CT molecular complexity index is 47.8. The summed E-state index contributed by atoms with van der Waals surface area (Å²) in [4.78, 5) is 0. The number of rotatable bonds is 4. The molecule has 8 heavy (non-hydrogen) atoms. The number of ether oxygens (including phenoxy) is 1. The Hall–Kier alpha value is 0.310. The molecular weight excluding hydrogens is 120 g/mol. The maximum Gasteiger partial charge on any atom is 0.0499 e. The first-order valence-electron chi connectivity index (χ1n) is 2.99. The van der Waals surface area contributed by atoms with Crippen molar-refractivity contribution in [3.8, 4) is 0 Å². The first kappa shape index (κ1) is 8.31. The van der Waals surface area contributed by atoms with E-state index in [1.54, 1.807) is 0 Å². The van der Waals surface area contributed by atoms with Crippen molar-refractivity contribution in [3.05, 3.63) is 0 Å². The van der Waals surface area contributed by atoms with Crippen LogP contribution in [0.1, 0.15) is 13.8 Å². The van der Waals surface area contributed by atoms with Crippen molar-refractivity contribution in [1.82, 2.24) is 0 Å². The van der Waals surface area contributed by atoms with Gasteiger partial charge in [0.25, 0.3) is 0 Å². The summed E-state index contributed by atoms with van der Waals surface area (Å²) in [7, 11) is 0. The first-order chi connectivity index (χ1) is 3.81. The van der Waals surface area contributed by atoms with Gasteiger partial charge in [-0.3, -0.25) is 0 Å². The fourth-order valence-electron chi connectivity index (χ4n) is 0.372. The SMILES string of the molecule is CCOCC(C)CS. The van der Waals surface area contributed by atoms with Crippen molar-refractivity contribution in [2.24, 2.45) is 5.92 Å². The number of hydrogen-bond acceptors (Lipinski definition) is 2. The normalized spacial score (nSPS) is 13.9. The van der Waals surface area contributed by atoms with Gasteiger partial charge < -0.3 is 4.74 Å². The molecule has 0 N–H and O–H groups in total. The molecule has 0 aromatic rings. The zero-order valence-corrected chi connectivity index (χ0v) is 6.45. The maximum atomic E-state index is 5.14. The van der Waals surface area contributed by atoms with Crippen LogP contribution in [0.2, 0.25) is 0 Å².